The number of nitrogens with zero attached hydrogens (tertiary/aromatic N) is 4. The minimum Gasteiger partial charge on any atom is -0.348 e. The Morgan fingerprint density at radius 3 is 2.75 bits per heavy atom. The largest absolute Gasteiger partial charge is 0.348 e. The minimum atomic E-state index is -0.449. The van der Waals surface area contributed by atoms with E-state index in [1.807, 2.05) is 0 Å². The highest BCUT2D eigenvalue weighted by molar-refractivity contribution is 8.00. The molecule has 4 rings (SSSR count). The molecule has 3 heterocycles. The Morgan fingerprint density at radius 1 is 1.18 bits per heavy atom. The lowest BCUT2D eigenvalue weighted by Gasteiger charge is -2.18. The van der Waals surface area contributed by atoms with E-state index in [-0.39, 0.29) is 17.3 Å². The van der Waals surface area contributed by atoms with Crippen LogP contribution in [0, 0.1) is 5.82 Å². The molecule has 0 saturated carbocycles. The average molecular weight is 418 g/mol. The molecule has 2 aromatic heterocycles. The maximum atomic E-state index is 13.7. The van der Waals surface area contributed by atoms with Crippen molar-refractivity contribution in [3.63, 3.8) is 0 Å². The Labute approximate surface area is 170 Å². The molecule has 1 aromatic carbocycles. The summed E-state index contributed by atoms with van der Waals surface area (Å²) >= 11 is 2.89. The highest BCUT2D eigenvalue weighted by Gasteiger charge is 2.18. The molecule has 1 fully saturated rings. The molecule has 0 radical (unpaired) electrons. The maximum Gasteiger partial charge on any atom is 0.234 e. The highest BCUT2D eigenvalue weighted by atomic mass is 32.2. The zero-order chi connectivity index (χ0) is 19.3. The third kappa shape index (κ3) is 4.41. The SMILES string of the molecule is O=C(CSc1ncnc2nc(N3CCCCCC3)sc12)Nc1ccccc1F. The van der Waals surface area contributed by atoms with Crippen LogP contribution in [0.25, 0.3) is 10.3 Å². The molecule has 1 amide bonds. The van der Waals surface area contributed by atoms with Crippen LogP contribution in [0.2, 0.25) is 0 Å². The van der Waals surface area contributed by atoms with Crippen molar-refractivity contribution >= 4 is 50.2 Å². The van der Waals surface area contributed by atoms with E-state index in [9.17, 15) is 9.18 Å². The topological polar surface area (TPSA) is 71.0 Å². The number of benzene rings is 1. The fraction of sp³-hybridized carbons (Fsp3) is 0.368. The van der Waals surface area contributed by atoms with Gasteiger partial charge < -0.3 is 10.2 Å². The van der Waals surface area contributed by atoms with Gasteiger partial charge in [-0.15, -0.1) is 0 Å². The van der Waals surface area contributed by atoms with Gasteiger partial charge in [-0.3, -0.25) is 4.79 Å². The van der Waals surface area contributed by atoms with Crippen LogP contribution in [0.4, 0.5) is 15.2 Å². The molecule has 1 aliphatic heterocycles. The van der Waals surface area contributed by atoms with Crippen molar-refractivity contribution in [1.29, 1.82) is 0 Å². The van der Waals surface area contributed by atoms with E-state index in [4.69, 9.17) is 0 Å². The number of thioether (sulfide) groups is 1. The average Bonchev–Trinajstić information content (AvgIpc) is 2.95. The Balaban J connectivity index is 1.46. The van der Waals surface area contributed by atoms with Crippen molar-refractivity contribution in [2.45, 2.75) is 30.7 Å². The third-order valence-corrected chi connectivity index (χ3v) is 6.74. The second kappa shape index (κ2) is 8.83. The summed E-state index contributed by atoms with van der Waals surface area (Å²) in [4.78, 5) is 27.8. The van der Waals surface area contributed by atoms with E-state index in [1.165, 1.54) is 55.9 Å². The molecule has 3 aromatic rings. The summed E-state index contributed by atoms with van der Waals surface area (Å²) < 4.78 is 14.6. The number of hydrogen-bond donors (Lipinski definition) is 1. The van der Waals surface area contributed by atoms with Crippen molar-refractivity contribution in [2.24, 2.45) is 0 Å². The first-order valence-electron chi connectivity index (χ1n) is 9.24. The minimum absolute atomic E-state index is 0.136. The summed E-state index contributed by atoms with van der Waals surface area (Å²) in [7, 11) is 0. The fourth-order valence-electron chi connectivity index (χ4n) is 3.11. The zero-order valence-electron chi connectivity index (χ0n) is 15.2. The molecule has 146 valence electrons. The van der Waals surface area contributed by atoms with Gasteiger partial charge in [0.2, 0.25) is 5.91 Å². The first-order chi connectivity index (χ1) is 13.7. The van der Waals surface area contributed by atoms with Crippen molar-refractivity contribution in [2.75, 3.05) is 29.1 Å². The van der Waals surface area contributed by atoms with Crippen LogP contribution in [-0.2, 0) is 4.79 Å². The van der Waals surface area contributed by atoms with Gasteiger partial charge in [0, 0.05) is 13.1 Å². The molecule has 0 bridgehead atoms. The van der Waals surface area contributed by atoms with Crippen molar-refractivity contribution in [3.8, 4) is 0 Å². The molecule has 1 aliphatic rings. The molecule has 1 saturated heterocycles. The number of nitrogens with one attached hydrogen (secondary N) is 1. The number of amides is 1. The highest BCUT2D eigenvalue weighted by Crippen LogP contribution is 2.34. The van der Waals surface area contributed by atoms with Crippen LogP contribution in [0.15, 0.2) is 35.6 Å². The number of hydrogen-bond acceptors (Lipinski definition) is 7. The van der Waals surface area contributed by atoms with E-state index in [0.717, 1.165) is 27.9 Å². The van der Waals surface area contributed by atoms with Crippen molar-refractivity contribution in [3.05, 3.63) is 36.4 Å². The predicted octanol–water partition coefficient (Wildman–Crippen LogP) is 4.34. The summed E-state index contributed by atoms with van der Waals surface area (Å²) in [6.45, 7) is 2.03. The molecular formula is C19H20FN5OS2. The van der Waals surface area contributed by atoms with Crippen LogP contribution in [0.1, 0.15) is 25.7 Å². The monoisotopic (exact) mass is 417 g/mol. The molecule has 0 aliphatic carbocycles. The van der Waals surface area contributed by atoms with Crippen LogP contribution in [0.5, 0.6) is 0 Å². The van der Waals surface area contributed by atoms with E-state index in [2.05, 4.69) is 25.2 Å². The van der Waals surface area contributed by atoms with Gasteiger partial charge >= 0.3 is 0 Å². The normalized spacial score (nSPS) is 14.8. The molecule has 0 atom stereocenters. The predicted molar refractivity (Wildman–Crippen MR) is 112 cm³/mol. The lowest BCUT2D eigenvalue weighted by Crippen LogP contribution is -2.23. The van der Waals surface area contributed by atoms with Gasteiger partial charge in [0.1, 0.15) is 21.9 Å². The quantitative estimate of drug-likeness (QED) is 0.492. The van der Waals surface area contributed by atoms with Gasteiger partial charge in [-0.2, -0.15) is 4.98 Å². The number of fused-ring (bicyclic) bond motifs is 1. The number of para-hydroxylation sites is 1. The molecule has 0 unspecified atom stereocenters. The van der Waals surface area contributed by atoms with Crippen LogP contribution in [-0.4, -0.2) is 39.7 Å². The maximum absolute atomic E-state index is 13.7. The second-order valence-electron chi connectivity index (χ2n) is 6.55. The Morgan fingerprint density at radius 2 is 1.96 bits per heavy atom. The number of halogens is 1. The number of aromatic nitrogens is 3. The second-order valence-corrected chi connectivity index (χ2v) is 8.49. The zero-order valence-corrected chi connectivity index (χ0v) is 16.9. The van der Waals surface area contributed by atoms with Gasteiger partial charge in [-0.05, 0) is 25.0 Å². The lowest BCUT2D eigenvalue weighted by atomic mass is 10.2. The third-order valence-electron chi connectivity index (χ3n) is 4.51. The summed E-state index contributed by atoms with van der Waals surface area (Å²) in [5.41, 5.74) is 0.846. The number of rotatable bonds is 5. The Bertz CT molecular complexity index is 972. The number of anilines is 2. The summed E-state index contributed by atoms with van der Waals surface area (Å²) in [6.07, 6.45) is 6.36. The number of thiazole rings is 1. The summed E-state index contributed by atoms with van der Waals surface area (Å²) in [5, 5.41) is 4.29. The van der Waals surface area contributed by atoms with Crippen molar-refractivity contribution < 1.29 is 9.18 Å². The van der Waals surface area contributed by atoms with E-state index in [0.29, 0.717) is 5.65 Å². The lowest BCUT2D eigenvalue weighted by molar-refractivity contribution is -0.113. The Kier molecular flexibility index (Phi) is 6.01. The fourth-order valence-corrected chi connectivity index (χ4v) is 5.05. The van der Waals surface area contributed by atoms with Gasteiger partial charge in [-0.1, -0.05) is 48.1 Å². The first-order valence-corrected chi connectivity index (χ1v) is 11.0. The summed E-state index contributed by atoms with van der Waals surface area (Å²) in [6, 6.07) is 6.13. The van der Waals surface area contributed by atoms with Crippen LogP contribution < -0.4 is 10.2 Å². The van der Waals surface area contributed by atoms with Gasteiger partial charge in [0.15, 0.2) is 10.8 Å². The smallest absolute Gasteiger partial charge is 0.234 e. The van der Waals surface area contributed by atoms with Gasteiger partial charge in [-0.25, -0.2) is 14.4 Å². The van der Waals surface area contributed by atoms with Crippen molar-refractivity contribution in [1.82, 2.24) is 15.0 Å². The molecule has 0 spiro atoms. The van der Waals surface area contributed by atoms with E-state index >= 15 is 0 Å². The standard InChI is InChI=1S/C19H20FN5OS2/c20-13-7-3-4-8-14(13)23-15(26)11-27-18-16-17(21-12-22-18)24-19(28-16)25-9-5-1-2-6-10-25/h3-4,7-8,12H,1-2,5-6,9-11H2,(H,23,26). The van der Waals surface area contributed by atoms with E-state index in [1.54, 1.807) is 23.5 Å². The Hall–Kier alpha value is -2.26. The molecule has 28 heavy (non-hydrogen) atoms. The first kappa shape index (κ1) is 19.1. The number of carbonyl (C=O) groups is 1. The van der Waals surface area contributed by atoms with Gasteiger partial charge in [0.25, 0.3) is 0 Å². The number of carbonyl (C=O) groups excluding carboxylic acids is 1. The molecule has 6 nitrogen and oxygen atoms in total. The van der Waals surface area contributed by atoms with Crippen LogP contribution >= 0.6 is 23.1 Å². The molecule has 9 heteroatoms. The van der Waals surface area contributed by atoms with Gasteiger partial charge in [0.05, 0.1) is 11.4 Å². The summed E-state index contributed by atoms with van der Waals surface area (Å²) in [5.74, 6) is -0.592. The molecule has 1 N–H and O–H groups in total. The van der Waals surface area contributed by atoms with Crippen LogP contribution in [0.3, 0.4) is 0 Å². The van der Waals surface area contributed by atoms with E-state index < -0.39 is 5.82 Å². The molecular weight excluding hydrogens is 397 g/mol.